The number of aliphatic hydroxyl groups is 1. The van der Waals surface area contributed by atoms with Crippen molar-refractivity contribution < 1.29 is 46.3 Å². The van der Waals surface area contributed by atoms with Gasteiger partial charge in [0.1, 0.15) is 23.5 Å². The zero-order chi connectivity index (χ0) is 49.8. The van der Waals surface area contributed by atoms with Crippen molar-refractivity contribution in [3.8, 4) is 21.6 Å². The Labute approximate surface area is 405 Å². The number of thiazole rings is 1. The summed E-state index contributed by atoms with van der Waals surface area (Å²) in [6.45, 7) is 9.41. The molecule has 362 valence electrons. The number of hydrogen-bond acceptors (Lipinski definition) is 11. The molecule has 3 atom stereocenters. The number of aromatic nitrogens is 2. The minimum Gasteiger partial charge on any atom is -0.391 e. The first-order valence-corrected chi connectivity index (χ1v) is 25.8. The average molecular weight is 979 g/mol. The van der Waals surface area contributed by atoms with Crippen molar-refractivity contribution >= 4 is 55.9 Å². The lowest BCUT2D eigenvalue weighted by Gasteiger charge is -2.34. The lowest BCUT2D eigenvalue weighted by molar-refractivity contribution is -0.146. The number of fused-ring (bicyclic) bond motifs is 1. The SMILES string of the molecule is CCCS(=O)(=O)Cc1ccc(F)c(C(=O)C2=CCc3ncc(-c4ccc(C(=O)CCCC(=O)C[C@H](C(=O)N5C[C@H](O)C[C@H]5C(=O)NCc5ccc(-c6scnc6C)cc5)C(C)(C)C)cc4)cc32)c1F. The first-order chi connectivity index (χ1) is 32.7. The van der Waals surface area contributed by atoms with E-state index in [0.717, 1.165) is 33.8 Å². The number of carbonyl (C=O) groups is 5. The predicted molar refractivity (Wildman–Crippen MR) is 261 cm³/mol. The van der Waals surface area contributed by atoms with Crippen LogP contribution in [-0.4, -0.2) is 82.0 Å². The molecule has 1 fully saturated rings. The highest BCUT2D eigenvalue weighted by Crippen LogP contribution is 2.36. The molecule has 0 bridgehead atoms. The molecule has 1 aliphatic carbocycles. The fourth-order valence-corrected chi connectivity index (χ4v) is 11.2. The first-order valence-electron chi connectivity index (χ1n) is 23.1. The number of nitrogens with one attached hydrogen (secondary N) is 1. The third-order valence-corrected chi connectivity index (χ3v) is 15.5. The maximum absolute atomic E-state index is 15.6. The van der Waals surface area contributed by atoms with Gasteiger partial charge in [-0.3, -0.25) is 29.0 Å². The number of aryl methyl sites for hydroxylation is 1. The molecule has 1 aliphatic heterocycles. The van der Waals surface area contributed by atoms with Crippen LogP contribution in [0.5, 0.6) is 0 Å². The standard InChI is InChI=1S/C53H56F2N4O8S2/c1-6-22-69(66,67)29-36-18-20-43(54)47(48(36)55)49(63)40-19-21-44-41(40)23-37(27-56-44)33-14-16-34(17-15-33)46(62)9-7-8-38(60)24-42(53(3,4)5)52(65)59-28-39(61)25-45(59)51(64)57-26-32-10-12-35(13-11-32)50-31(2)58-30-68-50/h10-20,23,27,30,39,42,45,61H,6-9,21-22,24-26,28-29H2,1-5H3,(H,57,64)/t39-,42-,45+/m1/s1. The number of hydrogen-bond donors (Lipinski definition) is 2. The van der Waals surface area contributed by atoms with Gasteiger partial charge < -0.3 is 15.3 Å². The quantitative estimate of drug-likeness (QED) is 0.0759. The summed E-state index contributed by atoms with van der Waals surface area (Å²) in [6, 6.07) is 17.3. The van der Waals surface area contributed by atoms with E-state index in [0.29, 0.717) is 34.4 Å². The van der Waals surface area contributed by atoms with Crippen LogP contribution in [-0.2, 0) is 42.9 Å². The minimum absolute atomic E-state index is 0.0252. The number of ketones is 3. The highest BCUT2D eigenvalue weighted by atomic mass is 32.2. The van der Waals surface area contributed by atoms with Gasteiger partial charge in [0.15, 0.2) is 21.4 Å². The van der Waals surface area contributed by atoms with Crippen LogP contribution in [0, 0.1) is 29.9 Å². The number of pyridine rings is 1. The van der Waals surface area contributed by atoms with Crippen LogP contribution in [0.1, 0.15) is 115 Å². The van der Waals surface area contributed by atoms with Crippen molar-refractivity contribution in [1.82, 2.24) is 20.2 Å². The number of amides is 2. The van der Waals surface area contributed by atoms with E-state index in [1.807, 2.05) is 52.0 Å². The largest absolute Gasteiger partial charge is 0.391 e. The van der Waals surface area contributed by atoms with Crippen molar-refractivity contribution in [2.24, 2.45) is 11.3 Å². The number of carbonyl (C=O) groups excluding carboxylic acids is 5. The molecule has 16 heteroatoms. The Kier molecular flexibility index (Phi) is 15.6. The van der Waals surface area contributed by atoms with Crippen molar-refractivity contribution in [3.05, 3.63) is 135 Å². The molecule has 2 aliphatic rings. The number of rotatable bonds is 19. The molecule has 12 nitrogen and oxygen atoms in total. The number of halogens is 2. The Hall–Kier alpha value is -6.10. The second kappa shape index (κ2) is 21.3. The highest BCUT2D eigenvalue weighted by molar-refractivity contribution is 7.90. The summed E-state index contributed by atoms with van der Waals surface area (Å²) < 4.78 is 55.5. The predicted octanol–water partition coefficient (Wildman–Crippen LogP) is 8.86. The number of Topliss-reactive ketones (excluding diaryl/α,β-unsaturated/α-hetero) is 3. The van der Waals surface area contributed by atoms with Crippen LogP contribution >= 0.6 is 11.3 Å². The van der Waals surface area contributed by atoms with E-state index in [4.69, 9.17) is 0 Å². The normalized spacial score (nSPS) is 16.2. The van der Waals surface area contributed by atoms with Gasteiger partial charge in [-0.2, -0.15) is 0 Å². The van der Waals surface area contributed by atoms with Crippen LogP contribution in [0.2, 0.25) is 0 Å². The molecule has 3 heterocycles. The molecule has 1 saturated heterocycles. The molecule has 69 heavy (non-hydrogen) atoms. The smallest absolute Gasteiger partial charge is 0.243 e. The lowest BCUT2D eigenvalue weighted by Crippen LogP contribution is -2.50. The third-order valence-electron chi connectivity index (χ3n) is 12.8. The Balaban J connectivity index is 0.930. The summed E-state index contributed by atoms with van der Waals surface area (Å²) in [5.74, 6) is -5.99. The molecule has 0 spiro atoms. The van der Waals surface area contributed by atoms with Gasteiger partial charge in [-0.15, -0.1) is 11.3 Å². The fraction of sp³-hybridized carbons (Fsp3) is 0.377. The van der Waals surface area contributed by atoms with Gasteiger partial charge >= 0.3 is 0 Å². The van der Waals surface area contributed by atoms with Gasteiger partial charge in [-0.25, -0.2) is 22.2 Å². The maximum Gasteiger partial charge on any atom is 0.243 e. The Bertz CT molecular complexity index is 2930. The molecule has 2 aromatic heterocycles. The first kappa shape index (κ1) is 50.8. The minimum atomic E-state index is -3.67. The Morgan fingerprint density at radius 2 is 1.65 bits per heavy atom. The summed E-state index contributed by atoms with van der Waals surface area (Å²) >= 11 is 1.56. The number of sulfone groups is 1. The van der Waals surface area contributed by atoms with Crippen LogP contribution in [0.4, 0.5) is 8.78 Å². The lowest BCUT2D eigenvalue weighted by atomic mass is 9.76. The zero-order valence-corrected chi connectivity index (χ0v) is 40.9. The summed E-state index contributed by atoms with van der Waals surface area (Å²) in [4.78, 5) is 79.3. The highest BCUT2D eigenvalue weighted by Gasteiger charge is 2.44. The van der Waals surface area contributed by atoms with E-state index in [1.165, 1.54) is 4.90 Å². The van der Waals surface area contributed by atoms with E-state index in [1.54, 1.807) is 66.4 Å². The van der Waals surface area contributed by atoms with E-state index < -0.39 is 62.0 Å². The van der Waals surface area contributed by atoms with Gasteiger partial charge in [0.2, 0.25) is 11.8 Å². The number of nitrogens with zero attached hydrogens (tertiary/aromatic N) is 3. The van der Waals surface area contributed by atoms with Gasteiger partial charge in [0.05, 0.1) is 44.9 Å². The molecule has 0 unspecified atom stereocenters. The number of allylic oxidation sites excluding steroid dienone is 2. The molecule has 5 aromatic rings. The van der Waals surface area contributed by atoms with Crippen molar-refractivity contribution in [2.75, 3.05) is 12.3 Å². The molecule has 2 N–H and O–H groups in total. The van der Waals surface area contributed by atoms with Crippen molar-refractivity contribution in [2.45, 2.75) is 104 Å². The molecule has 0 saturated carbocycles. The van der Waals surface area contributed by atoms with E-state index in [2.05, 4.69) is 15.3 Å². The van der Waals surface area contributed by atoms with Gasteiger partial charge in [0, 0.05) is 85.1 Å². The van der Waals surface area contributed by atoms with E-state index in [-0.39, 0.29) is 91.9 Å². The maximum atomic E-state index is 15.6. The summed E-state index contributed by atoms with van der Waals surface area (Å²) in [5, 5.41) is 13.5. The second-order valence-electron chi connectivity index (χ2n) is 18.9. The summed E-state index contributed by atoms with van der Waals surface area (Å²) in [5.41, 5.74) is 5.50. The summed E-state index contributed by atoms with van der Waals surface area (Å²) in [7, 11) is -3.67. The third kappa shape index (κ3) is 11.9. The van der Waals surface area contributed by atoms with Crippen LogP contribution in [0.15, 0.2) is 84.5 Å². The van der Waals surface area contributed by atoms with Crippen LogP contribution < -0.4 is 5.32 Å². The second-order valence-corrected chi connectivity index (χ2v) is 22.0. The van der Waals surface area contributed by atoms with Crippen LogP contribution in [0.25, 0.3) is 27.1 Å². The molecule has 3 aromatic carbocycles. The molecule has 0 radical (unpaired) electrons. The molecule has 2 amide bonds. The van der Waals surface area contributed by atoms with E-state index >= 15 is 8.78 Å². The van der Waals surface area contributed by atoms with Crippen molar-refractivity contribution in [3.63, 3.8) is 0 Å². The topological polar surface area (TPSA) is 181 Å². The van der Waals surface area contributed by atoms with Gasteiger partial charge in [-0.05, 0) is 54.0 Å². The van der Waals surface area contributed by atoms with Crippen molar-refractivity contribution in [1.29, 1.82) is 0 Å². The average Bonchev–Trinajstić information content (AvgIpc) is 4.05. The fourth-order valence-electron chi connectivity index (χ4n) is 8.94. The molecule has 7 rings (SSSR count). The number of benzene rings is 3. The Morgan fingerprint density at radius 1 is 0.942 bits per heavy atom. The number of aliphatic hydroxyl groups excluding tert-OH is 1. The van der Waals surface area contributed by atoms with Gasteiger partial charge in [-0.1, -0.05) is 88.4 Å². The number of likely N-dealkylation sites (tertiary alicyclic amines) is 1. The monoisotopic (exact) mass is 978 g/mol. The number of β-amino-alcohol motifs (C(OH)–C–C–N with tert-alkyl or cyclic N) is 1. The van der Waals surface area contributed by atoms with Gasteiger partial charge in [0.25, 0.3) is 0 Å². The molecular weight excluding hydrogens is 923 g/mol. The van der Waals surface area contributed by atoms with E-state index in [9.17, 15) is 37.5 Å². The summed E-state index contributed by atoms with van der Waals surface area (Å²) in [6.07, 6.45) is 3.20. The molecular formula is C53H56F2N4O8S2. The van der Waals surface area contributed by atoms with Crippen LogP contribution in [0.3, 0.4) is 0 Å². The zero-order valence-electron chi connectivity index (χ0n) is 39.3. The Morgan fingerprint density at radius 3 is 2.32 bits per heavy atom.